The Kier molecular flexibility index (Phi) is 6.36. The molecule has 6 nitrogen and oxygen atoms in total. The van der Waals surface area contributed by atoms with Gasteiger partial charge in [0.1, 0.15) is 17.1 Å². The molecule has 0 spiro atoms. The van der Waals surface area contributed by atoms with Crippen molar-refractivity contribution in [2.45, 2.75) is 0 Å². The summed E-state index contributed by atoms with van der Waals surface area (Å²) >= 11 is 0. The van der Waals surface area contributed by atoms with Gasteiger partial charge in [-0.25, -0.2) is 4.79 Å². The second-order valence-corrected chi connectivity index (χ2v) is 7.29. The first kappa shape index (κ1) is 22.0. The SMILES string of the molecule is COc1cc(/C=C/c2ccc3oc(=O)c(-c4ccc(OC)c(OC)c4)cc3c2)cc(OC)c1. The summed E-state index contributed by atoms with van der Waals surface area (Å²) in [6, 6.07) is 18.5. The highest BCUT2D eigenvalue weighted by molar-refractivity contribution is 5.85. The number of fused-ring (bicyclic) bond motifs is 1. The molecule has 1 aromatic heterocycles. The summed E-state index contributed by atoms with van der Waals surface area (Å²) in [4.78, 5) is 12.6. The summed E-state index contributed by atoms with van der Waals surface area (Å²) in [5.74, 6) is 2.57. The van der Waals surface area contributed by atoms with Crippen molar-refractivity contribution in [3.05, 3.63) is 82.2 Å². The minimum absolute atomic E-state index is 0.415. The maximum absolute atomic E-state index is 12.6. The molecule has 0 aliphatic heterocycles. The number of benzene rings is 3. The molecule has 0 N–H and O–H groups in total. The second-order valence-electron chi connectivity index (χ2n) is 7.29. The van der Waals surface area contributed by atoms with E-state index in [2.05, 4.69) is 0 Å². The van der Waals surface area contributed by atoms with Crippen LogP contribution in [0.4, 0.5) is 0 Å². The van der Waals surface area contributed by atoms with Crippen molar-refractivity contribution < 1.29 is 23.4 Å². The maximum Gasteiger partial charge on any atom is 0.344 e. The Labute approximate surface area is 191 Å². The molecule has 0 aliphatic rings. The molecule has 4 aromatic rings. The van der Waals surface area contributed by atoms with Crippen LogP contribution in [-0.4, -0.2) is 28.4 Å². The molecule has 0 amide bonds. The molecule has 0 atom stereocenters. The molecule has 0 unspecified atom stereocenters. The minimum Gasteiger partial charge on any atom is -0.497 e. The average Bonchev–Trinajstić information content (AvgIpc) is 2.86. The molecule has 4 rings (SSSR count). The summed E-state index contributed by atoms with van der Waals surface area (Å²) in [5, 5.41) is 0.810. The quantitative estimate of drug-likeness (QED) is 0.270. The molecule has 1 heterocycles. The molecular formula is C27H24O6. The van der Waals surface area contributed by atoms with E-state index in [1.807, 2.05) is 48.6 Å². The van der Waals surface area contributed by atoms with Crippen LogP contribution in [-0.2, 0) is 0 Å². The molecule has 168 valence electrons. The lowest BCUT2D eigenvalue weighted by molar-refractivity contribution is 0.355. The topological polar surface area (TPSA) is 67.1 Å². The highest BCUT2D eigenvalue weighted by Gasteiger charge is 2.12. The summed E-state index contributed by atoms with van der Waals surface area (Å²) in [5.41, 5.74) is 3.13. The molecule has 3 aromatic carbocycles. The van der Waals surface area contributed by atoms with Gasteiger partial charge >= 0.3 is 5.63 Å². The molecule has 33 heavy (non-hydrogen) atoms. The van der Waals surface area contributed by atoms with Crippen LogP contribution in [0.2, 0.25) is 0 Å². The summed E-state index contributed by atoms with van der Waals surface area (Å²) in [6.45, 7) is 0. The number of rotatable bonds is 7. The van der Waals surface area contributed by atoms with Crippen LogP contribution in [0.1, 0.15) is 11.1 Å². The first-order chi connectivity index (χ1) is 16.0. The molecule has 0 fully saturated rings. The van der Waals surface area contributed by atoms with Gasteiger partial charge in [0, 0.05) is 11.5 Å². The monoisotopic (exact) mass is 444 g/mol. The van der Waals surface area contributed by atoms with Crippen LogP contribution in [0.5, 0.6) is 23.0 Å². The number of ether oxygens (including phenoxy) is 4. The predicted octanol–water partition coefficient (Wildman–Crippen LogP) is 5.66. The fourth-order valence-electron chi connectivity index (χ4n) is 3.57. The van der Waals surface area contributed by atoms with Crippen molar-refractivity contribution in [1.29, 1.82) is 0 Å². The lowest BCUT2D eigenvalue weighted by Gasteiger charge is -2.09. The van der Waals surface area contributed by atoms with Crippen LogP contribution < -0.4 is 24.6 Å². The van der Waals surface area contributed by atoms with Gasteiger partial charge in [0.15, 0.2) is 11.5 Å². The third kappa shape index (κ3) is 4.70. The van der Waals surface area contributed by atoms with Crippen molar-refractivity contribution in [3.63, 3.8) is 0 Å². The Bertz CT molecular complexity index is 1360. The van der Waals surface area contributed by atoms with Crippen LogP contribution in [0.3, 0.4) is 0 Å². The first-order valence-electron chi connectivity index (χ1n) is 10.3. The van der Waals surface area contributed by atoms with E-state index in [1.165, 1.54) is 0 Å². The van der Waals surface area contributed by atoms with E-state index in [0.717, 1.165) is 16.5 Å². The zero-order chi connectivity index (χ0) is 23.4. The highest BCUT2D eigenvalue weighted by atomic mass is 16.5. The van der Waals surface area contributed by atoms with Crippen LogP contribution >= 0.6 is 0 Å². The minimum atomic E-state index is -0.415. The summed E-state index contributed by atoms with van der Waals surface area (Å²) < 4.78 is 26.9. The lowest BCUT2D eigenvalue weighted by atomic mass is 10.0. The van der Waals surface area contributed by atoms with Gasteiger partial charge in [-0.1, -0.05) is 24.3 Å². The normalized spacial score (nSPS) is 11.0. The molecule has 0 radical (unpaired) electrons. The molecular weight excluding hydrogens is 420 g/mol. The number of methoxy groups -OCH3 is 4. The predicted molar refractivity (Wildman–Crippen MR) is 129 cm³/mol. The van der Waals surface area contributed by atoms with E-state index in [1.54, 1.807) is 52.7 Å². The fourth-order valence-corrected chi connectivity index (χ4v) is 3.57. The smallest absolute Gasteiger partial charge is 0.344 e. The van der Waals surface area contributed by atoms with E-state index in [4.69, 9.17) is 23.4 Å². The van der Waals surface area contributed by atoms with E-state index in [9.17, 15) is 4.79 Å². The molecule has 0 bridgehead atoms. The van der Waals surface area contributed by atoms with Gasteiger partial charge < -0.3 is 23.4 Å². The van der Waals surface area contributed by atoms with Crippen LogP contribution in [0, 0.1) is 0 Å². The van der Waals surface area contributed by atoms with Crippen molar-refractivity contribution in [2.24, 2.45) is 0 Å². The van der Waals surface area contributed by atoms with Gasteiger partial charge in [0.2, 0.25) is 0 Å². The van der Waals surface area contributed by atoms with E-state index in [0.29, 0.717) is 39.7 Å². The van der Waals surface area contributed by atoms with Crippen molar-refractivity contribution in [1.82, 2.24) is 0 Å². The van der Waals surface area contributed by atoms with E-state index < -0.39 is 5.63 Å². The standard InChI is InChI=1S/C27H24O6/c1-29-21-12-18(13-22(16-21)30-2)6-5-17-7-9-24-20(11-17)14-23(27(28)33-24)19-8-10-25(31-3)26(15-19)32-4/h5-16H,1-4H3/b6-5+. The number of hydrogen-bond donors (Lipinski definition) is 0. The van der Waals surface area contributed by atoms with Gasteiger partial charge in [0.25, 0.3) is 0 Å². The molecule has 6 heteroatoms. The highest BCUT2D eigenvalue weighted by Crippen LogP contribution is 2.32. The molecule has 0 saturated carbocycles. The Morgan fingerprint density at radius 1 is 0.667 bits per heavy atom. The average molecular weight is 444 g/mol. The fraction of sp³-hybridized carbons (Fsp3) is 0.148. The van der Waals surface area contributed by atoms with Crippen molar-refractivity contribution >= 4 is 23.1 Å². The maximum atomic E-state index is 12.6. The van der Waals surface area contributed by atoms with E-state index >= 15 is 0 Å². The number of hydrogen-bond acceptors (Lipinski definition) is 6. The van der Waals surface area contributed by atoms with Gasteiger partial charge in [-0.15, -0.1) is 0 Å². The Morgan fingerprint density at radius 3 is 2.03 bits per heavy atom. The Hall–Kier alpha value is -4.19. The second kappa shape index (κ2) is 9.53. The zero-order valence-corrected chi connectivity index (χ0v) is 18.9. The first-order valence-corrected chi connectivity index (χ1v) is 10.3. The van der Waals surface area contributed by atoms with Gasteiger partial charge in [0.05, 0.1) is 34.0 Å². The Balaban J connectivity index is 1.72. The van der Waals surface area contributed by atoms with Gasteiger partial charge in [-0.05, 0) is 59.2 Å². The van der Waals surface area contributed by atoms with Crippen molar-refractivity contribution in [3.8, 4) is 34.1 Å². The van der Waals surface area contributed by atoms with E-state index in [-0.39, 0.29) is 0 Å². The summed E-state index contributed by atoms with van der Waals surface area (Å²) in [7, 11) is 6.37. The van der Waals surface area contributed by atoms with Crippen molar-refractivity contribution in [2.75, 3.05) is 28.4 Å². The summed E-state index contributed by atoms with van der Waals surface area (Å²) in [6.07, 6.45) is 3.95. The molecule has 0 aliphatic carbocycles. The van der Waals surface area contributed by atoms with Gasteiger partial charge in [-0.2, -0.15) is 0 Å². The lowest BCUT2D eigenvalue weighted by Crippen LogP contribution is -2.03. The third-order valence-electron chi connectivity index (χ3n) is 5.29. The van der Waals surface area contributed by atoms with Crippen LogP contribution in [0.15, 0.2) is 69.9 Å². The molecule has 0 saturated heterocycles. The van der Waals surface area contributed by atoms with Crippen LogP contribution in [0.25, 0.3) is 34.2 Å². The largest absolute Gasteiger partial charge is 0.497 e. The third-order valence-corrected chi connectivity index (χ3v) is 5.29. The Morgan fingerprint density at radius 2 is 1.36 bits per heavy atom. The zero-order valence-electron chi connectivity index (χ0n) is 18.9. The van der Waals surface area contributed by atoms with Gasteiger partial charge in [-0.3, -0.25) is 0 Å².